The fourth-order valence-electron chi connectivity index (χ4n) is 2.10. The Balaban J connectivity index is 2.15. The van der Waals surface area contributed by atoms with Crippen molar-refractivity contribution in [3.8, 4) is 0 Å². The number of aromatic nitrogens is 2. The minimum atomic E-state index is 0.00881. The van der Waals surface area contributed by atoms with Crippen molar-refractivity contribution in [3.05, 3.63) is 46.6 Å². The van der Waals surface area contributed by atoms with Crippen molar-refractivity contribution in [1.29, 1.82) is 0 Å². The molecular formula is C15H21N3O. The van der Waals surface area contributed by atoms with Crippen LogP contribution in [0.2, 0.25) is 0 Å². The van der Waals surface area contributed by atoms with Gasteiger partial charge in [0.25, 0.3) is 0 Å². The molecule has 2 N–H and O–H groups in total. The smallest absolute Gasteiger partial charge is 0.231 e. The second kappa shape index (κ2) is 5.53. The molecule has 102 valence electrons. The second-order valence-electron chi connectivity index (χ2n) is 5.37. The van der Waals surface area contributed by atoms with Gasteiger partial charge in [-0.05, 0) is 26.3 Å². The number of rotatable bonds is 4. The molecule has 0 spiro atoms. The van der Waals surface area contributed by atoms with Gasteiger partial charge in [0, 0.05) is 12.5 Å². The molecule has 0 aliphatic carbocycles. The number of nitrogens with zero attached hydrogens (tertiary/aromatic N) is 2. The van der Waals surface area contributed by atoms with Gasteiger partial charge in [0.15, 0.2) is 5.82 Å². The highest BCUT2D eigenvalue weighted by molar-refractivity contribution is 5.30. The Morgan fingerprint density at radius 1 is 1.16 bits per heavy atom. The highest BCUT2D eigenvalue weighted by atomic mass is 16.5. The summed E-state index contributed by atoms with van der Waals surface area (Å²) in [5, 5.41) is 4.03. The van der Waals surface area contributed by atoms with Crippen molar-refractivity contribution in [2.75, 3.05) is 0 Å². The lowest BCUT2D eigenvalue weighted by Gasteiger charge is -2.09. The van der Waals surface area contributed by atoms with Crippen LogP contribution >= 0.6 is 0 Å². The van der Waals surface area contributed by atoms with E-state index in [4.69, 9.17) is 10.3 Å². The molecule has 4 nitrogen and oxygen atoms in total. The zero-order chi connectivity index (χ0) is 14.0. The van der Waals surface area contributed by atoms with Crippen LogP contribution in [0.25, 0.3) is 0 Å². The van der Waals surface area contributed by atoms with Crippen molar-refractivity contribution >= 4 is 0 Å². The molecule has 4 heteroatoms. The van der Waals surface area contributed by atoms with Gasteiger partial charge in [-0.15, -0.1) is 0 Å². The molecular weight excluding hydrogens is 238 g/mol. The van der Waals surface area contributed by atoms with Crippen molar-refractivity contribution in [1.82, 2.24) is 10.1 Å². The van der Waals surface area contributed by atoms with E-state index in [1.165, 1.54) is 16.7 Å². The summed E-state index contributed by atoms with van der Waals surface area (Å²) in [7, 11) is 0. The predicted octanol–water partition coefficient (Wildman–Crippen LogP) is 2.73. The third-order valence-electron chi connectivity index (χ3n) is 3.31. The quantitative estimate of drug-likeness (QED) is 0.917. The standard InChI is InChI=1S/C15H21N3O/c1-9-5-10(2)7-13(6-9)8-14-17-15(19-18-14)11(3)12(4)16/h5-7,11-12H,8,16H2,1-4H3. The summed E-state index contributed by atoms with van der Waals surface area (Å²) in [5.74, 6) is 1.42. The largest absolute Gasteiger partial charge is 0.339 e. The summed E-state index contributed by atoms with van der Waals surface area (Å²) < 4.78 is 5.28. The molecule has 1 heterocycles. The second-order valence-corrected chi connectivity index (χ2v) is 5.37. The fourth-order valence-corrected chi connectivity index (χ4v) is 2.10. The first kappa shape index (κ1) is 13.7. The van der Waals surface area contributed by atoms with Crippen molar-refractivity contribution in [2.24, 2.45) is 5.73 Å². The SMILES string of the molecule is Cc1cc(C)cc(Cc2noc(C(C)C(C)N)n2)c1. The van der Waals surface area contributed by atoms with Crippen LogP contribution in [0.1, 0.15) is 48.2 Å². The van der Waals surface area contributed by atoms with Gasteiger partial charge < -0.3 is 10.3 Å². The van der Waals surface area contributed by atoms with Gasteiger partial charge in [-0.3, -0.25) is 0 Å². The summed E-state index contributed by atoms with van der Waals surface area (Å²) >= 11 is 0. The molecule has 0 radical (unpaired) electrons. The average molecular weight is 259 g/mol. The third kappa shape index (κ3) is 3.41. The Labute approximate surface area is 114 Å². The van der Waals surface area contributed by atoms with E-state index in [0.717, 1.165) is 0 Å². The molecule has 1 aromatic carbocycles. The number of hydrogen-bond acceptors (Lipinski definition) is 4. The molecule has 0 bridgehead atoms. The monoisotopic (exact) mass is 259 g/mol. The molecule has 2 unspecified atom stereocenters. The highest BCUT2D eigenvalue weighted by Gasteiger charge is 2.17. The van der Waals surface area contributed by atoms with Crippen LogP contribution in [0.4, 0.5) is 0 Å². The van der Waals surface area contributed by atoms with Gasteiger partial charge in [0.1, 0.15) is 0 Å². The van der Waals surface area contributed by atoms with Crippen molar-refractivity contribution in [3.63, 3.8) is 0 Å². The average Bonchev–Trinajstić information content (AvgIpc) is 2.74. The van der Waals surface area contributed by atoms with Gasteiger partial charge >= 0.3 is 0 Å². The van der Waals surface area contributed by atoms with Crippen LogP contribution in [-0.2, 0) is 6.42 Å². The van der Waals surface area contributed by atoms with Gasteiger partial charge in [0.05, 0.1) is 5.92 Å². The normalized spacial score (nSPS) is 14.4. The first-order valence-corrected chi connectivity index (χ1v) is 6.61. The summed E-state index contributed by atoms with van der Waals surface area (Å²) in [6.45, 7) is 8.13. The molecule has 2 atom stereocenters. The topological polar surface area (TPSA) is 64.9 Å². The predicted molar refractivity (Wildman–Crippen MR) is 75.1 cm³/mol. The Morgan fingerprint density at radius 3 is 2.37 bits per heavy atom. The molecule has 2 rings (SSSR count). The van der Waals surface area contributed by atoms with E-state index in [1.54, 1.807) is 0 Å². The van der Waals surface area contributed by atoms with Crippen LogP contribution in [0.3, 0.4) is 0 Å². The summed E-state index contributed by atoms with van der Waals surface area (Å²) in [6, 6.07) is 6.47. The lowest BCUT2D eigenvalue weighted by molar-refractivity contribution is 0.343. The zero-order valence-corrected chi connectivity index (χ0v) is 12.0. The van der Waals surface area contributed by atoms with Crippen LogP contribution in [0, 0.1) is 13.8 Å². The molecule has 1 aromatic heterocycles. The van der Waals surface area contributed by atoms with Gasteiger partial charge in [-0.2, -0.15) is 4.98 Å². The molecule has 0 saturated carbocycles. The van der Waals surface area contributed by atoms with Crippen LogP contribution in [-0.4, -0.2) is 16.2 Å². The van der Waals surface area contributed by atoms with E-state index in [0.29, 0.717) is 18.1 Å². The maximum atomic E-state index is 5.84. The molecule has 0 saturated heterocycles. The van der Waals surface area contributed by atoms with E-state index in [-0.39, 0.29) is 12.0 Å². The van der Waals surface area contributed by atoms with Gasteiger partial charge in [-0.1, -0.05) is 41.4 Å². The maximum Gasteiger partial charge on any atom is 0.231 e. The van der Waals surface area contributed by atoms with Crippen LogP contribution < -0.4 is 5.73 Å². The van der Waals surface area contributed by atoms with Crippen LogP contribution in [0.15, 0.2) is 22.7 Å². The summed E-state index contributed by atoms with van der Waals surface area (Å²) in [5.41, 5.74) is 9.55. The van der Waals surface area contributed by atoms with Gasteiger partial charge in [-0.25, -0.2) is 0 Å². The Bertz CT molecular complexity index is 540. The molecule has 0 aliphatic rings. The summed E-state index contributed by atoms with van der Waals surface area (Å²) in [6.07, 6.45) is 0.692. The fraction of sp³-hybridized carbons (Fsp3) is 0.467. The van der Waals surface area contributed by atoms with Crippen molar-refractivity contribution in [2.45, 2.75) is 46.1 Å². The van der Waals surface area contributed by atoms with Crippen molar-refractivity contribution < 1.29 is 4.52 Å². The Hall–Kier alpha value is -1.68. The van der Waals surface area contributed by atoms with E-state index in [9.17, 15) is 0 Å². The number of benzene rings is 1. The third-order valence-corrected chi connectivity index (χ3v) is 3.31. The van der Waals surface area contributed by atoms with E-state index >= 15 is 0 Å². The molecule has 0 amide bonds. The lowest BCUT2D eigenvalue weighted by Crippen LogP contribution is -2.22. The summed E-state index contributed by atoms with van der Waals surface area (Å²) in [4.78, 5) is 4.43. The number of aryl methyl sites for hydroxylation is 2. The number of hydrogen-bond donors (Lipinski definition) is 1. The van der Waals surface area contributed by atoms with Gasteiger partial charge in [0.2, 0.25) is 5.89 Å². The first-order chi connectivity index (χ1) is 8.95. The Kier molecular flexibility index (Phi) is 4.00. The van der Waals surface area contributed by atoms with Crippen LogP contribution in [0.5, 0.6) is 0 Å². The molecule has 0 fully saturated rings. The maximum absolute atomic E-state index is 5.84. The number of nitrogens with two attached hydrogens (primary N) is 1. The minimum absolute atomic E-state index is 0.00881. The lowest BCUT2D eigenvalue weighted by atomic mass is 10.0. The zero-order valence-electron chi connectivity index (χ0n) is 12.0. The minimum Gasteiger partial charge on any atom is -0.339 e. The van der Waals surface area contributed by atoms with E-state index in [2.05, 4.69) is 42.2 Å². The highest BCUT2D eigenvalue weighted by Crippen LogP contribution is 2.17. The molecule has 19 heavy (non-hydrogen) atoms. The van der Waals surface area contributed by atoms with E-state index < -0.39 is 0 Å². The Morgan fingerprint density at radius 2 is 1.79 bits per heavy atom. The molecule has 2 aromatic rings. The first-order valence-electron chi connectivity index (χ1n) is 6.61. The van der Waals surface area contributed by atoms with E-state index in [1.807, 2.05) is 13.8 Å². The molecule has 0 aliphatic heterocycles.